The first-order chi connectivity index (χ1) is 14.9. The van der Waals surface area contributed by atoms with Crippen molar-refractivity contribution in [2.24, 2.45) is 0 Å². The molecule has 4 aromatic rings. The van der Waals surface area contributed by atoms with E-state index >= 15 is 0 Å². The van der Waals surface area contributed by atoms with Gasteiger partial charge in [-0.25, -0.2) is 14.3 Å². The molecule has 0 radical (unpaired) electrons. The van der Waals surface area contributed by atoms with E-state index in [1.165, 1.54) is 0 Å². The van der Waals surface area contributed by atoms with Gasteiger partial charge in [-0.05, 0) is 44.5 Å². The number of fused-ring (bicyclic) bond motifs is 2. The van der Waals surface area contributed by atoms with Crippen molar-refractivity contribution in [3.05, 3.63) is 49.1 Å². The molecule has 1 saturated heterocycles. The van der Waals surface area contributed by atoms with Gasteiger partial charge in [0, 0.05) is 37.9 Å². The third kappa shape index (κ3) is 3.81. The van der Waals surface area contributed by atoms with Crippen molar-refractivity contribution in [2.75, 3.05) is 31.1 Å². The average Bonchev–Trinajstić information content (AvgIpc) is 3.38. The molecule has 160 valence electrons. The van der Waals surface area contributed by atoms with E-state index in [0.717, 1.165) is 46.5 Å². The number of nitrogens with zero attached hydrogens (tertiary/aromatic N) is 5. The summed E-state index contributed by atoms with van der Waals surface area (Å²) >= 11 is 0. The molecule has 1 amide bonds. The number of carbonyl (C=O) groups excluding carboxylic acids is 1. The van der Waals surface area contributed by atoms with E-state index in [1.54, 1.807) is 11.2 Å². The molecule has 0 aliphatic carbocycles. The van der Waals surface area contributed by atoms with Crippen molar-refractivity contribution in [3.63, 3.8) is 0 Å². The van der Waals surface area contributed by atoms with Crippen molar-refractivity contribution in [2.45, 2.75) is 26.4 Å². The molecule has 4 heterocycles. The lowest BCUT2D eigenvalue weighted by atomic mass is 10.1. The number of benzene rings is 1. The van der Waals surface area contributed by atoms with Gasteiger partial charge in [0.25, 0.3) is 0 Å². The van der Waals surface area contributed by atoms with Crippen LogP contribution in [0, 0.1) is 0 Å². The quantitative estimate of drug-likeness (QED) is 0.534. The number of aromatic amines is 1. The highest BCUT2D eigenvalue weighted by atomic mass is 16.6. The van der Waals surface area contributed by atoms with Gasteiger partial charge in [0.15, 0.2) is 0 Å². The molecule has 31 heavy (non-hydrogen) atoms. The zero-order chi connectivity index (χ0) is 21.6. The first-order valence-corrected chi connectivity index (χ1v) is 10.5. The van der Waals surface area contributed by atoms with Crippen molar-refractivity contribution in [3.8, 4) is 11.1 Å². The van der Waals surface area contributed by atoms with Crippen LogP contribution in [-0.2, 0) is 4.74 Å². The summed E-state index contributed by atoms with van der Waals surface area (Å²) < 4.78 is 7.41. The summed E-state index contributed by atoms with van der Waals surface area (Å²) in [7, 11) is 0. The second kappa shape index (κ2) is 7.30. The molecule has 1 aliphatic rings. The molecule has 5 rings (SSSR count). The first kappa shape index (κ1) is 19.4. The molecule has 8 heteroatoms. The van der Waals surface area contributed by atoms with Gasteiger partial charge < -0.3 is 19.5 Å². The van der Waals surface area contributed by atoms with E-state index in [9.17, 15) is 4.79 Å². The molecule has 1 N–H and O–H groups in total. The van der Waals surface area contributed by atoms with Gasteiger partial charge in [-0.15, -0.1) is 0 Å². The summed E-state index contributed by atoms with van der Waals surface area (Å²) in [6.45, 7) is 8.44. The summed E-state index contributed by atoms with van der Waals surface area (Å²) in [4.78, 5) is 23.8. The van der Waals surface area contributed by atoms with E-state index < -0.39 is 5.60 Å². The minimum atomic E-state index is -0.476. The summed E-state index contributed by atoms with van der Waals surface area (Å²) in [6.07, 6.45) is 5.42. The monoisotopic (exact) mass is 418 g/mol. The van der Waals surface area contributed by atoms with Gasteiger partial charge in [-0.2, -0.15) is 5.10 Å². The molecular formula is C23H26N6O2. The van der Waals surface area contributed by atoms with E-state index in [4.69, 9.17) is 4.74 Å². The number of amides is 1. The number of ether oxygens (including phenoxy) is 1. The van der Waals surface area contributed by atoms with Crippen molar-refractivity contribution in [1.82, 2.24) is 24.5 Å². The lowest BCUT2D eigenvalue weighted by Crippen LogP contribution is -2.50. The Labute approximate surface area is 180 Å². The van der Waals surface area contributed by atoms with E-state index in [2.05, 4.69) is 44.2 Å². The minimum Gasteiger partial charge on any atom is -0.444 e. The minimum absolute atomic E-state index is 0.245. The maximum Gasteiger partial charge on any atom is 0.410 e. The molecule has 1 aromatic carbocycles. The van der Waals surface area contributed by atoms with Crippen molar-refractivity contribution < 1.29 is 9.53 Å². The van der Waals surface area contributed by atoms with Crippen molar-refractivity contribution in [1.29, 1.82) is 0 Å². The second-order valence-electron chi connectivity index (χ2n) is 8.87. The van der Waals surface area contributed by atoms with Crippen LogP contribution in [0.3, 0.4) is 0 Å². The standard InChI is InChI=1S/C23H26N6O2/c1-23(2,3)31-22(30)28-10-8-27(9-11-28)21-13-26-29-14-17(5-7-20(21)29)16-4-6-18-19(12-16)25-15-24-18/h4-7,12-15H,8-11H2,1-3H3,(H,24,25). The molecule has 1 fully saturated rings. The summed E-state index contributed by atoms with van der Waals surface area (Å²) in [5.41, 5.74) is 5.83. The molecular weight excluding hydrogens is 392 g/mol. The molecule has 0 bridgehead atoms. The molecule has 8 nitrogen and oxygen atoms in total. The molecule has 3 aromatic heterocycles. The fourth-order valence-electron chi connectivity index (χ4n) is 3.96. The SMILES string of the molecule is CC(C)(C)OC(=O)N1CCN(c2cnn3cc(-c4ccc5nc[nH]c5c4)ccc23)CC1. The Balaban J connectivity index is 1.33. The lowest BCUT2D eigenvalue weighted by Gasteiger charge is -2.36. The Bertz CT molecular complexity index is 1240. The van der Waals surface area contributed by atoms with Crippen LogP contribution in [0.4, 0.5) is 10.5 Å². The van der Waals surface area contributed by atoms with Gasteiger partial charge in [0.1, 0.15) is 5.60 Å². The molecule has 0 spiro atoms. The van der Waals surface area contributed by atoms with Crippen LogP contribution >= 0.6 is 0 Å². The molecule has 0 unspecified atom stereocenters. The smallest absolute Gasteiger partial charge is 0.410 e. The number of piperazine rings is 1. The largest absolute Gasteiger partial charge is 0.444 e. The highest BCUT2D eigenvalue weighted by Crippen LogP contribution is 2.28. The fourth-order valence-corrected chi connectivity index (χ4v) is 3.96. The van der Waals surface area contributed by atoms with Crippen LogP contribution in [0.1, 0.15) is 20.8 Å². The number of nitrogens with one attached hydrogen (secondary N) is 1. The zero-order valence-corrected chi connectivity index (χ0v) is 18.0. The maximum absolute atomic E-state index is 12.3. The van der Waals surface area contributed by atoms with Crippen LogP contribution in [0.2, 0.25) is 0 Å². The zero-order valence-electron chi connectivity index (χ0n) is 18.0. The molecule has 0 atom stereocenters. The molecule has 1 aliphatic heterocycles. The van der Waals surface area contributed by atoms with Gasteiger partial charge in [0.2, 0.25) is 0 Å². The molecule has 0 saturated carbocycles. The highest BCUT2D eigenvalue weighted by molar-refractivity contribution is 5.82. The predicted octanol–water partition coefficient (Wildman–Crippen LogP) is 3.93. The summed E-state index contributed by atoms with van der Waals surface area (Å²) in [6, 6.07) is 10.4. The Hall–Kier alpha value is -3.55. The van der Waals surface area contributed by atoms with Gasteiger partial charge >= 0.3 is 6.09 Å². The average molecular weight is 419 g/mol. The number of carbonyl (C=O) groups is 1. The normalized spacial score (nSPS) is 15.1. The number of imidazole rings is 1. The Kier molecular flexibility index (Phi) is 4.57. The first-order valence-electron chi connectivity index (χ1n) is 10.5. The number of anilines is 1. The van der Waals surface area contributed by atoms with Crippen LogP contribution < -0.4 is 4.90 Å². The maximum atomic E-state index is 12.3. The second-order valence-corrected chi connectivity index (χ2v) is 8.87. The van der Waals surface area contributed by atoms with E-state index in [0.29, 0.717) is 13.1 Å². The number of pyridine rings is 1. The Morgan fingerprint density at radius 2 is 1.84 bits per heavy atom. The fraction of sp³-hybridized carbons (Fsp3) is 0.348. The van der Waals surface area contributed by atoms with E-state index in [-0.39, 0.29) is 6.09 Å². The number of hydrogen-bond donors (Lipinski definition) is 1. The number of rotatable bonds is 2. The van der Waals surface area contributed by atoms with Gasteiger partial charge in [-0.1, -0.05) is 12.1 Å². The highest BCUT2D eigenvalue weighted by Gasteiger charge is 2.27. The Morgan fingerprint density at radius 1 is 1.06 bits per heavy atom. The van der Waals surface area contributed by atoms with Gasteiger partial charge in [0.05, 0.1) is 34.8 Å². The Morgan fingerprint density at radius 3 is 2.61 bits per heavy atom. The number of H-pyrrole nitrogens is 1. The summed E-state index contributed by atoms with van der Waals surface area (Å²) in [5.74, 6) is 0. The third-order valence-corrected chi connectivity index (χ3v) is 5.52. The predicted molar refractivity (Wildman–Crippen MR) is 120 cm³/mol. The van der Waals surface area contributed by atoms with Crippen LogP contribution in [-0.4, -0.2) is 62.4 Å². The third-order valence-electron chi connectivity index (χ3n) is 5.52. The number of aromatic nitrogens is 4. The van der Waals surface area contributed by atoms with E-state index in [1.807, 2.05) is 43.7 Å². The topological polar surface area (TPSA) is 78.8 Å². The van der Waals surface area contributed by atoms with Crippen molar-refractivity contribution >= 4 is 28.3 Å². The summed E-state index contributed by atoms with van der Waals surface area (Å²) in [5, 5.41) is 4.58. The number of hydrogen-bond acceptors (Lipinski definition) is 5. The lowest BCUT2D eigenvalue weighted by molar-refractivity contribution is 0.0240. The van der Waals surface area contributed by atoms with Gasteiger partial charge in [-0.3, -0.25) is 0 Å². The van der Waals surface area contributed by atoms with Crippen LogP contribution in [0.25, 0.3) is 27.7 Å². The van der Waals surface area contributed by atoms with Crippen LogP contribution in [0.5, 0.6) is 0 Å². The van der Waals surface area contributed by atoms with Crippen LogP contribution in [0.15, 0.2) is 49.1 Å².